The van der Waals surface area contributed by atoms with Crippen LogP contribution in [-0.2, 0) is 18.3 Å². The zero-order valence-corrected chi connectivity index (χ0v) is 14.6. The molecule has 2 aromatic carbocycles. The Hall–Kier alpha value is -2.07. The fourth-order valence-electron chi connectivity index (χ4n) is 2.84. The van der Waals surface area contributed by atoms with E-state index in [9.17, 15) is 4.79 Å². The van der Waals surface area contributed by atoms with Gasteiger partial charge in [0, 0.05) is 35.0 Å². The summed E-state index contributed by atoms with van der Waals surface area (Å²) in [6.45, 7) is 0. The molecule has 1 aromatic heterocycles. The van der Waals surface area contributed by atoms with Crippen molar-refractivity contribution in [1.29, 1.82) is 0 Å². The minimum Gasteiger partial charge on any atom is -0.350 e. The maximum Gasteiger partial charge on any atom is 0.224 e. The third-order valence-electron chi connectivity index (χ3n) is 3.98. The predicted molar refractivity (Wildman–Crippen MR) is 98.6 cm³/mol. The highest BCUT2D eigenvalue weighted by Crippen LogP contribution is 2.23. The summed E-state index contributed by atoms with van der Waals surface area (Å²) in [6.07, 6.45) is 4.43. The minimum atomic E-state index is 0.0529. The van der Waals surface area contributed by atoms with Crippen LogP contribution >= 0.6 is 15.9 Å². The second kappa shape index (κ2) is 7.01. The Labute approximate surface area is 144 Å². The number of aryl methyl sites for hydroxylation is 2. The number of benzene rings is 2. The SMILES string of the molecule is Cn1cc(CCCC(=O)Nc2ccccc2Br)c2ccccc21. The Balaban J connectivity index is 1.58. The minimum absolute atomic E-state index is 0.0529. The van der Waals surface area contributed by atoms with Crippen LogP contribution in [0.4, 0.5) is 5.69 Å². The van der Waals surface area contributed by atoms with Crippen LogP contribution in [0.3, 0.4) is 0 Å². The Morgan fingerprint density at radius 3 is 2.70 bits per heavy atom. The molecule has 0 saturated carbocycles. The van der Waals surface area contributed by atoms with Gasteiger partial charge in [-0.25, -0.2) is 0 Å². The number of carbonyl (C=O) groups is 1. The molecule has 0 aliphatic carbocycles. The number of fused-ring (bicyclic) bond motifs is 1. The molecule has 4 heteroatoms. The molecule has 0 saturated heterocycles. The largest absolute Gasteiger partial charge is 0.350 e. The van der Waals surface area contributed by atoms with Gasteiger partial charge in [0.15, 0.2) is 0 Å². The Morgan fingerprint density at radius 1 is 1.13 bits per heavy atom. The van der Waals surface area contributed by atoms with Crippen LogP contribution in [-0.4, -0.2) is 10.5 Å². The lowest BCUT2D eigenvalue weighted by Gasteiger charge is -2.07. The van der Waals surface area contributed by atoms with Crippen molar-refractivity contribution in [2.24, 2.45) is 7.05 Å². The van der Waals surface area contributed by atoms with Gasteiger partial charge >= 0.3 is 0 Å². The molecule has 23 heavy (non-hydrogen) atoms. The number of rotatable bonds is 5. The highest BCUT2D eigenvalue weighted by Gasteiger charge is 2.08. The molecule has 1 heterocycles. The molecule has 118 valence electrons. The van der Waals surface area contributed by atoms with Gasteiger partial charge in [-0.1, -0.05) is 30.3 Å². The fraction of sp³-hybridized carbons (Fsp3) is 0.211. The third kappa shape index (κ3) is 3.64. The molecule has 0 aliphatic heterocycles. The molecule has 1 amide bonds. The fourth-order valence-corrected chi connectivity index (χ4v) is 3.22. The molecule has 0 radical (unpaired) electrons. The van der Waals surface area contributed by atoms with Crippen LogP contribution in [0.5, 0.6) is 0 Å². The van der Waals surface area contributed by atoms with E-state index in [4.69, 9.17) is 0 Å². The smallest absolute Gasteiger partial charge is 0.224 e. The van der Waals surface area contributed by atoms with Crippen molar-refractivity contribution in [2.75, 3.05) is 5.32 Å². The van der Waals surface area contributed by atoms with Crippen LogP contribution in [0.15, 0.2) is 59.2 Å². The maximum atomic E-state index is 12.1. The monoisotopic (exact) mass is 370 g/mol. The summed E-state index contributed by atoms with van der Waals surface area (Å²) in [5.41, 5.74) is 3.36. The average molecular weight is 371 g/mol. The highest BCUT2D eigenvalue weighted by atomic mass is 79.9. The van der Waals surface area contributed by atoms with Crippen LogP contribution in [0.1, 0.15) is 18.4 Å². The number of nitrogens with one attached hydrogen (secondary N) is 1. The first-order valence-corrected chi connectivity index (χ1v) is 8.52. The average Bonchev–Trinajstić information content (AvgIpc) is 2.87. The van der Waals surface area contributed by atoms with Crippen molar-refractivity contribution in [3.8, 4) is 0 Å². The lowest BCUT2D eigenvalue weighted by atomic mass is 10.1. The molecule has 0 spiro atoms. The van der Waals surface area contributed by atoms with Gasteiger partial charge in [0.05, 0.1) is 5.69 Å². The lowest BCUT2D eigenvalue weighted by molar-refractivity contribution is -0.116. The molecular weight excluding hydrogens is 352 g/mol. The summed E-state index contributed by atoms with van der Waals surface area (Å²) < 4.78 is 3.05. The number of anilines is 1. The van der Waals surface area contributed by atoms with Gasteiger partial charge in [-0.3, -0.25) is 4.79 Å². The van der Waals surface area contributed by atoms with Crippen LogP contribution in [0.25, 0.3) is 10.9 Å². The molecule has 3 aromatic rings. The van der Waals surface area contributed by atoms with E-state index < -0.39 is 0 Å². The van der Waals surface area contributed by atoms with Gasteiger partial charge in [-0.15, -0.1) is 0 Å². The number of hydrogen-bond acceptors (Lipinski definition) is 1. The number of amides is 1. The van der Waals surface area contributed by atoms with E-state index in [1.54, 1.807) is 0 Å². The molecule has 0 bridgehead atoms. The van der Waals surface area contributed by atoms with Gasteiger partial charge in [-0.2, -0.15) is 0 Å². The lowest BCUT2D eigenvalue weighted by Crippen LogP contribution is -2.11. The van der Waals surface area contributed by atoms with Crippen molar-refractivity contribution in [1.82, 2.24) is 4.57 Å². The van der Waals surface area contributed by atoms with Gasteiger partial charge in [-0.05, 0) is 52.5 Å². The first-order chi connectivity index (χ1) is 11.1. The first kappa shape index (κ1) is 15.8. The Morgan fingerprint density at radius 2 is 1.87 bits per heavy atom. The summed E-state index contributed by atoms with van der Waals surface area (Å²) in [5, 5.41) is 4.23. The number of hydrogen-bond donors (Lipinski definition) is 1. The topological polar surface area (TPSA) is 34.0 Å². The predicted octanol–water partition coefficient (Wildman–Crippen LogP) is 4.90. The summed E-state index contributed by atoms with van der Waals surface area (Å²) in [4.78, 5) is 12.1. The van der Waals surface area contributed by atoms with E-state index in [1.165, 1.54) is 16.5 Å². The van der Waals surface area contributed by atoms with Crippen molar-refractivity contribution in [3.63, 3.8) is 0 Å². The number of halogens is 1. The summed E-state index contributed by atoms with van der Waals surface area (Å²) in [6, 6.07) is 16.0. The van der Waals surface area contributed by atoms with E-state index in [0.717, 1.165) is 23.0 Å². The first-order valence-electron chi connectivity index (χ1n) is 7.72. The van der Waals surface area contributed by atoms with Gasteiger partial charge in [0.1, 0.15) is 0 Å². The normalized spacial score (nSPS) is 10.9. The maximum absolute atomic E-state index is 12.1. The second-order valence-corrected chi connectivity index (χ2v) is 6.52. The molecule has 0 unspecified atom stereocenters. The molecular formula is C19H19BrN2O. The Kier molecular flexibility index (Phi) is 4.82. The number of para-hydroxylation sites is 2. The van der Waals surface area contributed by atoms with E-state index in [-0.39, 0.29) is 5.91 Å². The molecule has 1 N–H and O–H groups in total. The molecule has 3 nitrogen and oxygen atoms in total. The van der Waals surface area contributed by atoms with Crippen molar-refractivity contribution in [3.05, 3.63) is 64.8 Å². The summed E-state index contributed by atoms with van der Waals surface area (Å²) >= 11 is 3.44. The highest BCUT2D eigenvalue weighted by molar-refractivity contribution is 9.10. The van der Waals surface area contributed by atoms with Crippen molar-refractivity contribution < 1.29 is 4.79 Å². The van der Waals surface area contributed by atoms with Crippen LogP contribution in [0.2, 0.25) is 0 Å². The molecule has 3 rings (SSSR count). The van der Waals surface area contributed by atoms with Gasteiger partial charge in [0.2, 0.25) is 5.91 Å². The zero-order valence-electron chi connectivity index (χ0n) is 13.1. The van der Waals surface area contributed by atoms with Gasteiger partial charge in [0.25, 0.3) is 0 Å². The number of aromatic nitrogens is 1. The standard InChI is InChI=1S/C19H19BrN2O/c1-22-13-14(15-8-2-5-11-18(15)22)7-6-12-19(23)21-17-10-4-3-9-16(17)20/h2-5,8-11,13H,6-7,12H2,1H3,(H,21,23). The van der Waals surface area contributed by atoms with Crippen molar-refractivity contribution in [2.45, 2.75) is 19.3 Å². The molecule has 0 aliphatic rings. The van der Waals surface area contributed by atoms with E-state index >= 15 is 0 Å². The van der Waals surface area contributed by atoms with Crippen molar-refractivity contribution >= 4 is 38.4 Å². The molecule has 0 atom stereocenters. The quantitative estimate of drug-likeness (QED) is 0.680. The van der Waals surface area contributed by atoms with E-state index in [2.05, 4.69) is 63.3 Å². The molecule has 0 fully saturated rings. The number of carbonyl (C=O) groups excluding carboxylic acids is 1. The second-order valence-electron chi connectivity index (χ2n) is 5.66. The van der Waals surface area contributed by atoms with Gasteiger partial charge < -0.3 is 9.88 Å². The third-order valence-corrected chi connectivity index (χ3v) is 4.67. The number of nitrogens with zero attached hydrogens (tertiary/aromatic N) is 1. The zero-order chi connectivity index (χ0) is 16.2. The van der Waals surface area contributed by atoms with E-state index in [1.807, 2.05) is 24.3 Å². The van der Waals surface area contributed by atoms with E-state index in [0.29, 0.717) is 6.42 Å². The Bertz CT molecular complexity index is 838. The van der Waals surface area contributed by atoms with Crippen LogP contribution in [0, 0.1) is 0 Å². The summed E-state index contributed by atoms with van der Waals surface area (Å²) in [7, 11) is 2.06. The van der Waals surface area contributed by atoms with Crippen LogP contribution < -0.4 is 5.32 Å². The summed E-state index contributed by atoms with van der Waals surface area (Å²) in [5.74, 6) is 0.0529.